The van der Waals surface area contributed by atoms with Gasteiger partial charge in [0, 0.05) is 18.4 Å². The molecule has 1 N–H and O–H groups in total. The Balaban J connectivity index is 2.23. The summed E-state index contributed by atoms with van der Waals surface area (Å²) >= 11 is 0. The minimum Gasteiger partial charge on any atom is -0.316 e. The quantitative estimate of drug-likeness (QED) is 0.839. The van der Waals surface area contributed by atoms with Gasteiger partial charge in [0.1, 0.15) is 0 Å². The molecule has 0 aromatic heterocycles. The molecule has 0 radical (unpaired) electrons. The van der Waals surface area contributed by atoms with Crippen LogP contribution in [-0.4, -0.2) is 13.1 Å². The second-order valence-electron chi connectivity index (χ2n) is 4.58. The normalized spacial score (nSPS) is 24.9. The van der Waals surface area contributed by atoms with E-state index in [0.717, 1.165) is 19.5 Å². The van der Waals surface area contributed by atoms with Crippen molar-refractivity contribution in [1.29, 1.82) is 5.26 Å². The first-order chi connectivity index (χ1) is 7.87. The number of nitriles is 1. The van der Waals surface area contributed by atoms with E-state index in [1.54, 1.807) is 0 Å². The van der Waals surface area contributed by atoms with Gasteiger partial charge in [-0.3, -0.25) is 0 Å². The van der Waals surface area contributed by atoms with Crippen molar-refractivity contribution < 1.29 is 0 Å². The van der Waals surface area contributed by atoms with Crippen LogP contribution >= 0.6 is 0 Å². The van der Waals surface area contributed by atoms with Crippen LogP contribution in [0.4, 0.5) is 0 Å². The number of hydrogen-bond donors (Lipinski definition) is 1. The van der Waals surface area contributed by atoms with E-state index < -0.39 is 0 Å². The number of nitrogens with one attached hydrogen (secondary N) is 1. The predicted octanol–water partition coefficient (Wildman–Crippen LogP) is 2.61. The molecule has 1 atom stereocenters. The highest BCUT2D eigenvalue weighted by Crippen LogP contribution is 2.35. The topological polar surface area (TPSA) is 35.8 Å². The monoisotopic (exact) mass is 214 g/mol. The predicted molar refractivity (Wildman–Crippen MR) is 65.1 cm³/mol. The number of benzene rings is 1. The van der Waals surface area contributed by atoms with Crippen LogP contribution in [0.15, 0.2) is 30.3 Å². The SMILES string of the molecule is N#CCCC1(c2ccccc2)CCCNC1. The highest BCUT2D eigenvalue weighted by atomic mass is 14.9. The Bertz CT molecular complexity index is 358. The Hall–Kier alpha value is -1.33. The molecule has 0 aliphatic carbocycles. The van der Waals surface area contributed by atoms with E-state index in [2.05, 4.69) is 41.7 Å². The van der Waals surface area contributed by atoms with Gasteiger partial charge in [0.25, 0.3) is 0 Å². The molecule has 16 heavy (non-hydrogen) atoms. The number of nitrogens with zero attached hydrogens (tertiary/aromatic N) is 1. The molecule has 2 nitrogen and oxygen atoms in total. The summed E-state index contributed by atoms with van der Waals surface area (Å²) < 4.78 is 0. The molecule has 1 unspecified atom stereocenters. The molecule has 0 bridgehead atoms. The summed E-state index contributed by atoms with van der Waals surface area (Å²) in [5.41, 5.74) is 1.58. The van der Waals surface area contributed by atoms with Gasteiger partial charge in [-0.05, 0) is 31.4 Å². The molecule has 1 aromatic rings. The molecule has 1 fully saturated rings. The van der Waals surface area contributed by atoms with Crippen molar-refractivity contribution >= 4 is 0 Å². The highest BCUT2D eigenvalue weighted by molar-refractivity contribution is 5.27. The molecular formula is C14H18N2. The second-order valence-corrected chi connectivity index (χ2v) is 4.58. The van der Waals surface area contributed by atoms with Crippen LogP contribution in [-0.2, 0) is 5.41 Å². The van der Waals surface area contributed by atoms with Gasteiger partial charge in [-0.1, -0.05) is 30.3 Å². The van der Waals surface area contributed by atoms with E-state index >= 15 is 0 Å². The first kappa shape index (κ1) is 11.2. The van der Waals surface area contributed by atoms with Crippen molar-refractivity contribution in [1.82, 2.24) is 5.32 Å². The van der Waals surface area contributed by atoms with Crippen molar-refractivity contribution in [2.45, 2.75) is 31.1 Å². The molecule has 0 amide bonds. The number of rotatable bonds is 3. The first-order valence-corrected chi connectivity index (χ1v) is 6.01. The Morgan fingerprint density at radius 1 is 1.31 bits per heavy atom. The van der Waals surface area contributed by atoms with E-state index in [1.807, 2.05) is 0 Å². The summed E-state index contributed by atoms with van der Waals surface area (Å²) in [5.74, 6) is 0. The fraction of sp³-hybridized carbons (Fsp3) is 0.500. The summed E-state index contributed by atoms with van der Waals surface area (Å²) in [7, 11) is 0. The molecule has 2 rings (SSSR count). The number of hydrogen-bond acceptors (Lipinski definition) is 2. The Kier molecular flexibility index (Phi) is 3.58. The van der Waals surface area contributed by atoms with Gasteiger partial charge >= 0.3 is 0 Å². The van der Waals surface area contributed by atoms with Crippen LogP contribution in [0.5, 0.6) is 0 Å². The van der Waals surface area contributed by atoms with Crippen molar-refractivity contribution in [3.05, 3.63) is 35.9 Å². The van der Waals surface area contributed by atoms with Crippen LogP contribution in [0, 0.1) is 11.3 Å². The Morgan fingerprint density at radius 3 is 2.75 bits per heavy atom. The van der Waals surface area contributed by atoms with E-state index in [1.165, 1.54) is 18.4 Å². The van der Waals surface area contributed by atoms with E-state index in [9.17, 15) is 0 Å². The highest BCUT2D eigenvalue weighted by Gasteiger charge is 2.33. The standard InChI is InChI=1S/C14H18N2/c15-10-4-8-14(9-5-11-16-12-14)13-6-2-1-3-7-13/h1-3,6-7,16H,4-5,8-9,11-12H2. The lowest BCUT2D eigenvalue weighted by Gasteiger charge is -2.38. The van der Waals surface area contributed by atoms with Crippen molar-refractivity contribution in [3.63, 3.8) is 0 Å². The summed E-state index contributed by atoms with van der Waals surface area (Å²) in [6, 6.07) is 12.9. The molecule has 1 aromatic carbocycles. The van der Waals surface area contributed by atoms with Crippen LogP contribution < -0.4 is 5.32 Å². The fourth-order valence-corrected chi connectivity index (χ4v) is 2.66. The smallest absolute Gasteiger partial charge is 0.0622 e. The van der Waals surface area contributed by atoms with Crippen LogP contribution in [0.25, 0.3) is 0 Å². The van der Waals surface area contributed by atoms with Gasteiger partial charge in [0.05, 0.1) is 6.07 Å². The summed E-state index contributed by atoms with van der Waals surface area (Å²) in [4.78, 5) is 0. The molecular weight excluding hydrogens is 196 g/mol. The Morgan fingerprint density at radius 2 is 2.12 bits per heavy atom. The summed E-state index contributed by atoms with van der Waals surface area (Å²) in [6.07, 6.45) is 4.03. The van der Waals surface area contributed by atoms with Gasteiger partial charge in [-0.2, -0.15) is 5.26 Å². The van der Waals surface area contributed by atoms with Gasteiger partial charge < -0.3 is 5.32 Å². The van der Waals surface area contributed by atoms with Crippen LogP contribution in [0.3, 0.4) is 0 Å². The average Bonchev–Trinajstić information content (AvgIpc) is 2.38. The maximum Gasteiger partial charge on any atom is 0.0622 e. The second kappa shape index (κ2) is 5.14. The lowest BCUT2D eigenvalue weighted by Crippen LogP contribution is -2.43. The zero-order valence-corrected chi connectivity index (χ0v) is 9.58. The van der Waals surface area contributed by atoms with Crippen LogP contribution in [0.1, 0.15) is 31.2 Å². The average molecular weight is 214 g/mol. The molecule has 84 valence electrons. The lowest BCUT2D eigenvalue weighted by atomic mass is 9.72. The van der Waals surface area contributed by atoms with E-state index in [0.29, 0.717) is 6.42 Å². The van der Waals surface area contributed by atoms with E-state index in [4.69, 9.17) is 5.26 Å². The largest absolute Gasteiger partial charge is 0.316 e. The number of piperidine rings is 1. The fourth-order valence-electron chi connectivity index (χ4n) is 2.66. The Labute approximate surface area is 97.3 Å². The molecule has 0 saturated carbocycles. The van der Waals surface area contributed by atoms with Gasteiger partial charge in [-0.25, -0.2) is 0 Å². The third kappa shape index (κ3) is 2.25. The van der Waals surface area contributed by atoms with Crippen LogP contribution in [0.2, 0.25) is 0 Å². The summed E-state index contributed by atoms with van der Waals surface area (Å²) in [5, 5.41) is 12.3. The van der Waals surface area contributed by atoms with Gasteiger partial charge in [0.15, 0.2) is 0 Å². The molecule has 1 heterocycles. The minimum absolute atomic E-state index is 0.190. The molecule has 0 spiro atoms. The molecule has 1 aliphatic heterocycles. The minimum atomic E-state index is 0.190. The van der Waals surface area contributed by atoms with Crippen molar-refractivity contribution in [2.24, 2.45) is 0 Å². The molecule has 1 aliphatic rings. The third-order valence-corrected chi connectivity index (χ3v) is 3.57. The zero-order valence-electron chi connectivity index (χ0n) is 9.58. The van der Waals surface area contributed by atoms with Crippen molar-refractivity contribution in [2.75, 3.05) is 13.1 Å². The molecule has 1 saturated heterocycles. The van der Waals surface area contributed by atoms with Gasteiger partial charge in [0.2, 0.25) is 0 Å². The maximum absolute atomic E-state index is 8.79. The summed E-state index contributed by atoms with van der Waals surface area (Å²) in [6.45, 7) is 2.12. The van der Waals surface area contributed by atoms with E-state index in [-0.39, 0.29) is 5.41 Å². The maximum atomic E-state index is 8.79. The third-order valence-electron chi connectivity index (χ3n) is 3.57. The lowest BCUT2D eigenvalue weighted by molar-refractivity contribution is 0.295. The zero-order chi connectivity index (χ0) is 11.3. The molecule has 2 heteroatoms. The first-order valence-electron chi connectivity index (χ1n) is 6.01. The van der Waals surface area contributed by atoms with Crippen molar-refractivity contribution in [3.8, 4) is 6.07 Å². The van der Waals surface area contributed by atoms with Gasteiger partial charge in [-0.15, -0.1) is 0 Å².